The minimum Gasteiger partial charge on any atom is -0.493 e. The van der Waals surface area contributed by atoms with Gasteiger partial charge in [-0.2, -0.15) is 0 Å². The van der Waals surface area contributed by atoms with Crippen LogP contribution in [-0.2, 0) is 13.0 Å². The Morgan fingerprint density at radius 3 is 2.96 bits per heavy atom. The lowest BCUT2D eigenvalue weighted by Crippen LogP contribution is -2.25. The van der Waals surface area contributed by atoms with Crippen LogP contribution >= 0.6 is 0 Å². The van der Waals surface area contributed by atoms with Gasteiger partial charge in [0.2, 0.25) is 0 Å². The van der Waals surface area contributed by atoms with Crippen LogP contribution in [0.4, 0.5) is 10.1 Å². The summed E-state index contributed by atoms with van der Waals surface area (Å²) in [6.45, 7) is 3.72. The molecule has 0 aliphatic carbocycles. The van der Waals surface area contributed by atoms with Crippen LogP contribution < -0.4 is 15.4 Å². The van der Waals surface area contributed by atoms with Gasteiger partial charge < -0.3 is 15.4 Å². The Hall–Kier alpha value is -2.40. The van der Waals surface area contributed by atoms with E-state index >= 15 is 0 Å². The molecule has 0 saturated carbocycles. The molecule has 1 aliphatic rings. The highest BCUT2D eigenvalue weighted by Gasteiger charge is 2.19. The summed E-state index contributed by atoms with van der Waals surface area (Å²) in [6, 6.07) is 10.4. The lowest BCUT2D eigenvalue weighted by molar-refractivity contribution is 0.102. The van der Waals surface area contributed by atoms with Crippen LogP contribution in [0.2, 0.25) is 0 Å². The topological polar surface area (TPSA) is 50.4 Å². The molecule has 2 aromatic carbocycles. The van der Waals surface area contributed by atoms with Gasteiger partial charge in [-0.05, 0) is 49.2 Å². The van der Waals surface area contributed by atoms with Gasteiger partial charge in [0, 0.05) is 6.54 Å². The summed E-state index contributed by atoms with van der Waals surface area (Å²) >= 11 is 0. The number of para-hydroxylation sites is 1. The van der Waals surface area contributed by atoms with Gasteiger partial charge in [0.1, 0.15) is 11.6 Å². The molecule has 1 heterocycles. The monoisotopic (exact) mass is 314 g/mol. The molecule has 3 rings (SSSR count). The van der Waals surface area contributed by atoms with E-state index in [0.717, 1.165) is 12.1 Å². The van der Waals surface area contributed by atoms with Gasteiger partial charge in [0.25, 0.3) is 5.91 Å². The number of benzene rings is 2. The molecule has 2 aromatic rings. The number of fused-ring (bicyclic) bond motifs is 1. The van der Waals surface area contributed by atoms with Crippen molar-refractivity contribution in [3.63, 3.8) is 0 Å². The van der Waals surface area contributed by atoms with E-state index in [1.54, 1.807) is 30.3 Å². The lowest BCUT2D eigenvalue weighted by atomic mass is 9.99. The number of amides is 1. The van der Waals surface area contributed by atoms with Crippen molar-refractivity contribution in [2.75, 3.05) is 18.5 Å². The number of anilines is 1. The van der Waals surface area contributed by atoms with Crippen LogP contribution in [0.25, 0.3) is 0 Å². The number of hydrogen-bond donors (Lipinski definition) is 2. The Morgan fingerprint density at radius 1 is 1.30 bits per heavy atom. The van der Waals surface area contributed by atoms with Crippen molar-refractivity contribution in [2.45, 2.75) is 19.9 Å². The quantitative estimate of drug-likeness (QED) is 0.911. The van der Waals surface area contributed by atoms with E-state index in [-0.39, 0.29) is 17.4 Å². The van der Waals surface area contributed by atoms with E-state index in [9.17, 15) is 9.18 Å². The fourth-order valence-corrected chi connectivity index (χ4v) is 2.76. The molecule has 4 nitrogen and oxygen atoms in total. The molecule has 23 heavy (non-hydrogen) atoms. The van der Waals surface area contributed by atoms with Crippen molar-refractivity contribution >= 4 is 11.6 Å². The molecule has 1 aliphatic heterocycles. The predicted molar refractivity (Wildman–Crippen MR) is 87.4 cm³/mol. The van der Waals surface area contributed by atoms with Crippen LogP contribution in [0.3, 0.4) is 0 Å². The third-order valence-electron chi connectivity index (χ3n) is 3.89. The molecule has 2 N–H and O–H groups in total. The van der Waals surface area contributed by atoms with Gasteiger partial charge in [-0.1, -0.05) is 18.2 Å². The largest absolute Gasteiger partial charge is 0.493 e. The van der Waals surface area contributed by atoms with E-state index in [0.29, 0.717) is 36.4 Å². The normalized spacial score (nSPS) is 13.3. The van der Waals surface area contributed by atoms with Gasteiger partial charge in [-0.15, -0.1) is 0 Å². The maximum absolute atomic E-state index is 14.6. The zero-order valence-corrected chi connectivity index (χ0v) is 13.0. The maximum Gasteiger partial charge on any atom is 0.259 e. The highest BCUT2D eigenvalue weighted by Crippen LogP contribution is 2.26. The molecular weight excluding hydrogens is 295 g/mol. The van der Waals surface area contributed by atoms with Crippen LogP contribution in [0.5, 0.6) is 5.75 Å². The molecule has 5 heteroatoms. The number of carbonyl (C=O) groups is 1. The minimum absolute atomic E-state index is 0.210. The summed E-state index contributed by atoms with van der Waals surface area (Å²) < 4.78 is 20.1. The summed E-state index contributed by atoms with van der Waals surface area (Å²) in [4.78, 5) is 12.5. The van der Waals surface area contributed by atoms with E-state index in [2.05, 4.69) is 10.6 Å². The molecule has 120 valence electrons. The van der Waals surface area contributed by atoms with Gasteiger partial charge in [-0.3, -0.25) is 4.79 Å². The zero-order valence-electron chi connectivity index (χ0n) is 13.0. The molecule has 0 saturated heterocycles. The van der Waals surface area contributed by atoms with E-state index in [1.165, 1.54) is 0 Å². The Labute approximate surface area is 134 Å². The molecule has 0 radical (unpaired) electrons. The van der Waals surface area contributed by atoms with Gasteiger partial charge in [0.05, 0.1) is 17.9 Å². The minimum atomic E-state index is -0.373. The number of hydrogen-bond acceptors (Lipinski definition) is 3. The number of nitrogens with one attached hydrogen (secondary N) is 2. The van der Waals surface area contributed by atoms with Crippen LogP contribution in [0.15, 0.2) is 36.4 Å². The number of carbonyl (C=O) groups excluding carboxylic acids is 1. The van der Waals surface area contributed by atoms with Crippen LogP contribution in [-0.4, -0.2) is 19.1 Å². The SMILES string of the molecule is CCOc1ccccc1C(=O)Nc1ccc2c(c1F)CCNC2. The van der Waals surface area contributed by atoms with Crippen molar-refractivity contribution in [1.29, 1.82) is 0 Å². The van der Waals surface area contributed by atoms with E-state index < -0.39 is 0 Å². The molecule has 0 spiro atoms. The summed E-state index contributed by atoms with van der Waals surface area (Å²) in [7, 11) is 0. The second-order valence-electron chi connectivity index (χ2n) is 5.37. The average molecular weight is 314 g/mol. The smallest absolute Gasteiger partial charge is 0.259 e. The molecule has 1 amide bonds. The first-order valence-corrected chi connectivity index (χ1v) is 7.75. The van der Waals surface area contributed by atoms with E-state index in [1.807, 2.05) is 13.0 Å². The third-order valence-corrected chi connectivity index (χ3v) is 3.89. The second kappa shape index (κ2) is 6.79. The van der Waals surface area contributed by atoms with Crippen molar-refractivity contribution in [1.82, 2.24) is 5.32 Å². The molecular formula is C18H19FN2O2. The van der Waals surface area contributed by atoms with Crippen LogP contribution in [0.1, 0.15) is 28.4 Å². The number of halogens is 1. The van der Waals surface area contributed by atoms with Crippen molar-refractivity contribution < 1.29 is 13.9 Å². The Kier molecular flexibility index (Phi) is 4.57. The van der Waals surface area contributed by atoms with Crippen LogP contribution in [0, 0.1) is 5.82 Å². The first-order valence-electron chi connectivity index (χ1n) is 7.75. The first kappa shape index (κ1) is 15.5. The molecule has 0 atom stereocenters. The standard InChI is InChI=1S/C18H19FN2O2/c1-2-23-16-6-4-3-5-14(16)18(22)21-15-8-7-12-11-20-10-9-13(12)17(15)19/h3-8,20H,2,9-11H2,1H3,(H,21,22). The third kappa shape index (κ3) is 3.19. The predicted octanol–water partition coefficient (Wildman–Crippen LogP) is 3.12. The van der Waals surface area contributed by atoms with Crippen molar-refractivity contribution in [3.05, 3.63) is 58.9 Å². The summed E-state index contributed by atoms with van der Waals surface area (Å²) in [5.74, 6) is -0.219. The van der Waals surface area contributed by atoms with E-state index in [4.69, 9.17) is 4.74 Å². The Bertz CT molecular complexity index is 731. The highest BCUT2D eigenvalue weighted by molar-refractivity contribution is 6.06. The molecule has 0 fully saturated rings. The molecule has 0 unspecified atom stereocenters. The average Bonchev–Trinajstić information content (AvgIpc) is 2.58. The maximum atomic E-state index is 14.6. The first-order chi connectivity index (χ1) is 11.2. The lowest BCUT2D eigenvalue weighted by Gasteiger charge is -2.19. The Balaban J connectivity index is 1.86. The molecule has 0 bridgehead atoms. The fraction of sp³-hybridized carbons (Fsp3) is 0.278. The number of ether oxygens (including phenoxy) is 1. The van der Waals surface area contributed by atoms with Gasteiger partial charge in [-0.25, -0.2) is 4.39 Å². The molecule has 0 aromatic heterocycles. The summed E-state index contributed by atoms with van der Waals surface area (Å²) in [6.07, 6.45) is 0.625. The summed E-state index contributed by atoms with van der Waals surface area (Å²) in [5, 5.41) is 5.87. The van der Waals surface area contributed by atoms with Crippen molar-refractivity contribution in [3.8, 4) is 5.75 Å². The zero-order chi connectivity index (χ0) is 16.2. The Morgan fingerprint density at radius 2 is 2.13 bits per heavy atom. The second-order valence-corrected chi connectivity index (χ2v) is 5.37. The number of rotatable bonds is 4. The highest BCUT2D eigenvalue weighted by atomic mass is 19.1. The summed E-state index contributed by atoms with van der Waals surface area (Å²) in [5.41, 5.74) is 2.23. The van der Waals surface area contributed by atoms with Gasteiger partial charge >= 0.3 is 0 Å². The van der Waals surface area contributed by atoms with Gasteiger partial charge in [0.15, 0.2) is 0 Å². The fourth-order valence-electron chi connectivity index (χ4n) is 2.76. The van der Waals surface area contributed by atoms with Crippen molar-refractivity contribution in [2.24, 2.45) is 0 Å².